The fourth-order valence-corrected chi connectivity index (χ4v) is 2.57. The number of nitrogens with zero attached hydrogens (tertiary/aromatic N) is 2. The molecule has 5 nitrogen and oxygen atoms in total. The number of guanidine groups is 1. The molecule has 0 spiro atoms. The zero-order valence-corrected chi connectivity index (χ0v) is 16.5. The van der Waals surface area contributed by atoms with Crippen molar-refractivity contribution in [2.24, 2.45) is 4.99 Å². The minimum atomic E-state index is -0.212. The maximum Gasteiger partial charge on any atom is 0.253 e. The van der Waals surface area contributed by atoms with Crippen LogP contribution in [0.15, 0.2) is 47.5 Å². The van der Waals surface area contributed by atoms with Crippen LogP contribution in [0.2, 0.25) is 0 Å². The van der Waals surface area contributed by atoms with Crippen LogP contribution in [0.3, 0.4) is 0 Å². The minimum Gasteiger partial charge on any atom is -0.352 e. The van der Waals surface area contributed by atoms with Crippen LogP contribution in [0.4, 0.5) is 4.39 Å². The van der Waals surface area contributed by atoms with E-state index >= 15 is 0 Å². The number of aryl methyl sites for hydroxylation is 1. The molecule has 1 atom stereocenters. The van der Waals surface area contributed by atoms with E-state index < -0.39 is 0 Å². The maximum absolute atomic E-state index is 13.8. The average molecular weight is 370 g/mol. The van der Waals surface area contributed by atoms with Crippen molar-refractivity contribution in [3.63, 3.8) is 0 Å². The molecule has 6 heteroatoms. The molecular weight excluding hydrogens is 343 g/mol. The van der Waals surface area contributed by atoms with Gasteiger partial charge in [-0.3, -0.25) is 9.79 Å². The number of hydrogen-bond donors (Lipinski definition) is 2. The van der Waals surface area contributed by atoms with Crippen LogP contribution in [0.1, 0.15) is 40.0 Å². The summed E-state index contributed by atoms with van der Waals surface area (Å²) in [5.74, 6) is 0.388. The topological polar surface area (TPSA) is 56.7 Å². The van der Waals surface area contributed by atoms with Gasteiger partial charge in [-0.15, -0.1) is 0 Å². The molecule has 0 heterocycles. The highest BCUT2D eigenvalue weighted by atomic mass is 19.1. The monoisotopic (exact) mass is 370 g/mol. The molecule has 144 valence electrons. The van der Waals surface area contributed by atoms with E-state index in [1.54, 1.807) is 45.1 Å². The Kier molecular flexibility index (Phi) is 6.93. The van der Waals surface area contributed by atoms with E-state index in [4.69, 9.17) is 0 Å². The highest BCUT2D eigenvalue weighted by molar-refractivity contribution is 5.93. The molecule has 1 amide bonds. The molecule has 0 aromatic heterocycles. The Labute approximate surface area is 160 Å². The molecule has 0 aliphatic rings. The van der Waals surface area contributed by atoms with E-state index in [1.807, 2.05) is 37.3 Å². The first kappa shape index (κ1) is 20.4. The first-order valence-electron chi connectivity index (χ1n) is 8.85. The summed E-state index contributed by atoms with van der Waals surface area (Å²) >= 11 is 0. The largest absolute Gasteiger partial charge is 0.352 e. The predicted molar refractivity (Wildman–Crippen MR) is 107 cm³/mol. The first-order chi connectivity index (χ1) is 12.8. The Morgan fingerprint density at radius 3 is 2.41 bits per heavy atom. The van der Waals surface area contributed by atoms with Gasteiger partial charge in [0.2, 0.25) is 0 Å². The zero-order valence-electron chi connectivity index (χ0n) is 16.5. The van der Waals surface area contributed by atoms with Crippen molar-refractivity contribution in [1.82, 2.24) is 15.5 Å². The molecule has 1 unspecified atom stereocenters. The summed E-state index contributed by atoms with van der Waals surface area (Å²) in [6.45, 7) is 4.26. The lowest BCUT2D eigenvalue weighted by molar-refractivity contribution is 0.0827. The molecule has 27 heavy (non-hydrogen) atoms. The van der Waals surface area contributed by atoms with Crippen LogP contribution in [0.5, 0.6) is 0 Å². The molecule has 2 aromatic carbocycles. The molecule has 0 radical (unpaired) electrons. The van der Waals surface area contributed by atoms with Crippen molar-refractivity contribution in [3.05, 3.63) is 70.5 Å². The highest BCUT2D eigenvalue weighted by Crippen LogP contribution is 2.16. The second kappa shape index (κ2) is 9.16. The van der Waals surface area contributed by atoms with Crippen molar-refractivity contribution in [3.8, 4) is 0 Å². The third-order valence-electron chi connectivity index (χ3n) is 4.34. The predicted octanol–water partition coefficient (Wildman–Crippen LogP) is 3.26. The van der Waals surface area contributed by atoms with Gasteiger partial charge in [0.05, 0.1) is 6.04 Å². The van der Waals surface area contributed by atoms with E-state index in [0.717, 1.165) is 11.1 Å². The molecule has 0 saturated carbocycles. The molecule has 2 N–H and O–H groups in total. The highest BCUT2D eigenvalue weighted by Gasteiger charge is 2.10. The van der Waals surface area contributed by atoms with Crippen LogP contribution < -0.4 is 10.6 Å². The summed E-state index contributed by atoms with van der Waals surface area (Å²) in [6, 6.07) is 12.6. The molecule has 0 bridgehead atoms. The van der Waals surface area contributed by atoms with E-state index in [2.05, 4.69) is 15.6 Å². The van der Waals surface area contributed by atoms with Gasteiger partial charge in [0, 0.05) is 33.3 Å². The summed E-state index contributed by atoms with van der Waals surface area (Å²) in [7, 11) is 5.15. The van der Waals surface area contributed by atoms with Crippen molar-refractivity contribution >= 4 is 11.9 Å². The molecule has 0 aliphatic carbocycles. The van der Waals surface area contributed by atoms with Gasteiger partial charge in [-0.2, -0.15) is 0 Å². The Morgan fingerprint density at radius 2 is 1.85 bits per heavy atom. The SMILES string of the molecule is CN=C(NCc1ccc(C(=O)N(C)C)cc1)NC(C)c1ccc(C)c(F)c1. The fourth-order valence-electron chi connectivity index (χ4n) is 2.57. The number of halogens is 1. The number of amides is 1. The Morgan fingerprint density at radius 1 is 1.19 bits per heavy atom. The van der Waals surface area contributed by atoms with E-state index in [1.165, 1.54) is 0 Å². The smallest absolute Gasteiger partial charge is 0.253 e. The molecule has 0 fully saturated rings. The van der Waals surface area contributed by atoms with Crippen LogP contribution >= 0.6 is 0 Å². The number of carbonyl (C=O) groups excluding carboxylic acids is 1. The quantitative estimate of drug-likeness (QED) is 0.627. The standard InChI is InChI=1S/C21H27FN4O/c1-14-6-9-18(12-19(14)22)15(2)25-21(23-3)24-13-16-7-10-17(11-8-16)20(27)26(4)5/h6-12,15H,13H2,1-5H3,(H2,23,24,25). The third-order valence-corrected chi connectivity index (χ3v) is 4.34. The summed E-state index contributed by atoms with van der Waals surface area (Å²) < 4.78 is 13.8. The minimum absolute atomic E-state index is 0.0221. The molecule has 0 aliphatic heterocycles. The number of aliphatic imine (C=N–C) groups is 1. The van der Waals surface area contributed by atoms with Gasteiger partial charge < -0.3 is 15.5 Å². The number of hydrogen-bond acceptors (Lipinski definition) is 2. The van der Waals surface area contributed by atoms with Gasteiger partial charge in [-0.1, -0.05) is 24.3 Å². The van der Waals surface area contributed by atoms with E-state index in [-0.39, 0.29) is 17.8 Å². The fraction of sp³-hybridized carbons (Fsp3) is 0.333. The Balaban J connectivity index is 1.95. The number of benzene rings is 2. The Hall–Kier alpha value is -2.89. The summed E-state index contributed by atoms with van der Waals surface area (Å²) in [6.07, 6.45) is 0. The van der Waals surface area contributed by atoms with Crippen LogP contribution in [-0.4, -0.2) is 37.9 Å². The molecular formula is C21H27FN4O. The van der Waals surface area contributed by atoms with Crippen LogP contribution in [-0.2, 0) is 6.54 Å². The first-order valence-corrected chi connectivity index (χ1v) is 8.85. The van der Waals surface area contributed by atoms with Crippen molar-refractivity contribution in [2.45, 2.75) is 26.4 Å². The Bertz CT molecular complexity index is 815. The number of nitrogens with one attached hydrogen (secondary N) is 2. The molecule has 2 aromatic rings. The number of carbonyl (C=O) groups is 1. The third kappa shape index (κ3) is 5.54. The molecule has 0 saturated heterocycles. The van der Waals surface area contributed by atoms with Gasteiger partial charge in [0.25, 0.3) is 5.91 Å². The summed E-state index contributed by atoms with van der Waals surface area (Å²) in [5.41, 5.74) is 3.17. The van der Waals surface area contributed by atoms with E-state index in [0.29, 0.717) is 23.6 Å². The van der Waals surface area contributed by atoms with E-state index in [9.17, 15) is 9.18 Å². The molecule has 2 rings (SSSR count). The second-order valence-corrected chi connectivity index (χ2v) is 6.70. The average Bonchev–Trinajstić information content (AvgIpc) is 2.66. The van der Waals surface area contributed by atoms with Gasteiger partial charge in [0.15, 0.2) is 5.96 Å². The lowest BCUT2D eigenvalue weighted by atomic mass is 10.1. The maximum atomic E-state index is 13.8. The lowest BCUT2D eigenvalue weighted by Crippen LogP contribution is -2.38. The normalized spacial score (nSPS) is 12.4. The van der Waals surface area contributed by atoms with Crippen LogP contribution in [0, 0.1) is 12.7 Å². The van der Waals surface area contributed by atoms with Crippen molar-refractivity contribution < 1.29 is 9.18 Å². The van der Waals surface area contributed by atoms with Gasteiger partial charge in [0.1, 0.15) is 5.82 Å². The van der Waals surface area contributed by atoms with Gasteiger partial charge >= 0.3 is 0 Å². The summed E-state index contributed by atoms with van der Waals surface area (Å²) in [5, 5.41) is 6.49. The van der Waals surface area contributed by atoms with Crippen LogP contribution in [0.25, 0.3) is 0 Å². The lowest BCUT2D eigenvalue weighted by Gasteiger charge is -2.19. The second-order valence-electron chi connectivity index (χ2n) is 6.70. The van der Waals surface area contributed by atoms with Gasteiger partial charge in [-0.05, 0) is 48.7 Å². The summed E-state index contributed by atoms with van der Waals surface area (Å²) in [4.78, 5) is 17.7. The van der Waals surface area contributed by atoms with Crippen molar-refractivity contribution in [2.75, 3.05) is 21.1 Å². The van der Waals surface area contributed by atoms with Gasteiger partial charge in [-0.25, -0.2) is 4.39 Å². The zero-order chi connectivity index (χ0) is 20.0. The number of rotatable bonds is 5. The van der Waals surface area contributed by atoms with Crippen molar-refractivity contribution in [1.29, 1.82) is 0 Å².